The SMILES string of the molecule is COc1ccc(Cc2cc([C@@H]3OC(CO)(CO)[C@@H](OCc4ccccc4)[C@H](OCc4ccccc4)[C@H]3OCc3ccccc3)ccc2C)cc1. The zero-order chi connectivity index (χ0) is 34.8. The number of aryl methyl sites for hydroxylation is 1. The molecule has 2 N–H and O–H groups in total. The lowest BCUT2D eigenvalue weighted by Crippen LogP contribution is -2.66. The fraction of sp³-hybridized carbons (Fsp3) is 0.302. The molecule has 0 aliphatic carbocycles. The molecule has 260 valence electrons. The van der Waals surface area contributed by atoms with Crippen molar-refractivity contribution in [2.75, 3.05) is 20.3 Å². The maximum absolute atomic E-state index is 11.0. The normalized spacial score (nSPS) is 20.0. The first kappa shape index (κ1) is 35.5. The van der Waals surface area contributed by atoms with Crippen molar-refractivity contribution in [1.82, 2.24) is 0 Å². The Hall–Kier alpha value is -4.34. The van der Waals surface area contributed by atoms with Crippen LogP contribution in [0, 0.1) is 6.92 Å². The third-order valence-electron chi connectivity index (χ3n) is 9.43. The molecule has 1 aliphatic rings. The highest BCUT2D eigenvalue weighted by Crippen LogP contribution is 2.43. The summed E-state index contributed by atoms with van der Waals surface area (Å²) in [5.41, 5.74) is 5.71. The van der Waals surface area contributed by atoms with Crippen LogP contribution in [0.2, 0.25) is 0 Å². The highest BCUT2D eigenvalue weighted by atomic mass is 16.6. The number of hydrogen-bond acceptors (Lipinski definition) is 7. The van der Waals surface area contributed by atoms with Crippen LogP contribution in [0.25, 0.3) is 0 Å². The fourth-order valence-electron chi connectivity index (χ4n) is 6.52. The molecule has 6 rings (SSSR count). The molecule has 0 aromatic heterocycles. The van der Waals surface area contributed by atoms with Gasteiger partial charge in [0, 0.05) is 0 Å². The van der Waals surface area contributed by atoms with Gasteiger partial charge >= 0.3 is 0 Å². The number of hydrogen-bond donors (Lipinski definition) is 2. The monoisotopic (exact) mass is 674 g/mol. The van der Waals surface area contributed by atoms with E-state index < -0.39 is 43.2 Å². The average molecular weight is 675 g/mol. The molecular formula is C43H46O7. The predicted molar refractivity (Wildman–Crippen MR) is 193 cm³/mol. The molecule has 1 fully saturated rings. The highest BCUT2D eigenvalue weighted by Gasteiger charge is 2.57. The van der Waals surface area contributed by atoms with Crippen molar-refractivity contribution in [3.8, 4) is 5.75 Å². The summed E-state index contributed by atoms with van der Waals surface area (Å²) in [5, 5.41) is 22.1. The lowest BCUT2D eigenvalue weighted by Gasteiger charge is -2.52. The minimum absolute atomic E-state index is 0.231. The largest absolute Gasteiger partial charge is 0.497 e. The third-order valence-corrected chi connectivity index (χ3v) is 9.43. The maximum atomic E-state index is 11.0. The first-order valence-electron chi connectivity index (χ1n) is 17.1. The topological polar surface area (TPSA) is 86.6 Å². The second-order valence-corrected chi connectivity index (χ2v) is 12.9. The van der Waals surface area contributed by atoms with Gasteiger partial charge in [-0.1, -0.05) is 121 Å². The van der Waals surface area contributed by atoms with Gasteiger partial charge in [-0.2, -0.15) is 0 Å². The fourth-order valence-corrected chi connectivity index (χ4v) is 6.52. The van der Waals surface area contributed by atoms with Crippen molar-refractivity contribution < 1.29 is 33.9 Å². The van der Waals surface area contributed by atoms with Gasteiger partial charge in [0.15, 0.2) is 0 Å². The van der Waals surface area contributed by atoms with Crippen LogP contribution in [0.15, 0.2) is 133 Å². The molecule has 1 saturated heterocycles. The van der Waals surface area contributed by atoms with E-state index in [0.717, 1.165) is 44.7 Å². The predicted octanol–water partition coefficient (Wildman–Crippen LogP) is 7.15. The van der Waals surface area contributed by atoms with Crippen LogP contribution in [-0.2, 0) is 45.2 Å². The number of rotatable bonds is 15. The minimum atomic E-state index is -1.49. The molecule has 4 atom stereocenters. The summed E-state index contributed by atoms with van der Waals surface area (Å²) in [6.07, 6.45) is -2.27. The van der Waals surface area contributed by atoms with Gasteiger partial charge in [-0.15, -0.1) is 0 Å². The van der Waals surface area contributed by atoms with Gasteiger partial charge < -0.3 is 33.9 Å². The average Bonchev–Trinajstić information content (AvgIpc) is 3.17. The van der Waals surface area contributed by atoms with Crippen molar-refractivity contribution in [1.29, 1.82) is 0 Å². The second-order valence-electron chi connectivity index (χ2n) is 12.9. The Morgan fingerprint density at radius 3 is 1.64 bits per heavy atom. The third kappa shape index (κ3) is 8.50. The van der Waals surface area contributed by atoms with Crippen LogP contribution >= 0.6 is 0 Å². The maximum Gasteiger partial charge on any atom is 0.144 e. The summed E-state index contributed by atoms with van der Waals surface area (Å²) in [6, 6.07) is 44.1. The number of methoxy groups -OCH3 is 1. The summed E-state index contributed by atoms with van der Waals surface area (Å²) in [5.74, 6) is 0.808. The Morgan fingerprint density at radius 1 is 0.600 bits per heavy atom. The van der Waals surface area contributed by atoms with E-state index in [1.807, 2.05) is 109 Å². The Labute approximate surface area is 295 Å². The van der Waals surface area contributed by atoms with E-state index in [-0.39, 0.29) is 13.2 Å². The molecule has 0 saturated carbocycles. The van der Waals surface area contributed by atoms with Gasteiger partial charge in [0.25, 0.3) is 0 Å². The molecular weight excluding hydrogens is 628 g/mol. The molecule has 7 heteroatoms. The number of benzene rings is 5. The van der Waals surface area contributed by atoms with Crippen molar-refractivity contribution in [3.63, 3.8) is 0 Å². The molecule has 1 heterocycles. The summed E-state index contributed by atoms with van der Waals surface area (Å²) in [4.78, 5) is 0. The molecule has 5 aromatic rings. The molecule has 50 heavy (non-hydrogen) atoms. The van der Waals surface area contributed by atoms with E-state index >= 15 is 0 Å². The van der Waals surface area contributed by atoms with Crippen molar-refractivity contribution in [2.24, 2.45) is 0 Å². The lowest BCUT2D eigenvalue weighted by molar-refractivity contribution is -0.318. The van der Waals surface area contributed by atoms with E-state index in [0.29, 0.717) is 13.0 Å². The quantitative estimate of drug-likeness (QED) is 0.122. The van der Waals surface area contributed by atoms with Gasteiger partial charge in [-0.25, -0.2) is 0 Å². The molecule has 0 bridgehead atoms. The molecule has 1 aliphatic heterocycles. The van der Waals surface area contributed by atoms with Crippen molar-refractivity contribution in [3.05, 3.63) is 172 Å². The first-order valence-corrected chi connectivity index (χ1v) is 17.1. The summed E-state index contributed by atoms with van der Waals surface area (Å²) >= 11 is 0. The number of aliphatic hydroxyl groups is 2. The van der Waals surface area contributed by atoms with E-state index in [2.05, 4.69) is 31.2 Å². The van der Waals surface area contributed by atoms with E-state index in [9.17, 15) is 10.2 Å². The molecule has 0 radical (unpaired) electrons. The van der Waals surface area contributed by atoms with Gasteiger partial charge in [-0.05, 0) is 64.4 Å². The molecule has 0 unspecified atom stereocenters. The zero-order valence-corrected chi connectivity index (χ0v) is 28.7. The van der Waals surface area contributed by atoms with Crippen molar-refractivity contribution in [2.45, 2.75) is 63.2 Å². The summed E-state index contributed by atoms with van der Waals surface area (Å²) < 4.78 is 32.4. The van der Waals surface area contributed by atoms with Crippen LogP contribution in [0.5, 0.6) is 5.75 Å². The smallest absolute Gasteiger partial charge is 0.144 e. The minimum Gasteiger partial charge on any atom is -0.497 e. The first-order chi connectivity index (χ1) is 24.5. The van der Waals surface area contributed by atoms with Gasteiger partial charge in [0.05, 0.1) is 40.1 Å². The highest BCUT2D eigenvalue weighted by molar-refractivity contribution is 5.38. The molecule has 7 nitrogen and oxygen atoms in total. The van der Waals surface area contributed by atoms with E-state index in [1.165, 1.54) is 0 Å². The summed E-state index contributed by atoms with van der Waals surface area (Å²) in [7, 11) is 1.66. The van der Waals surface area contributed by atoms with Crippen LogP contribution in [0.4, 0.5) is 0 Å². The van der Waals surface area contributed by atoms with Crippen molar-refractivity contribution >= 4 is 0 Å². The Balaban J connectivity index is 1.40. The molecule has 5 aromatic carbocycles. The van der Waals surface area contributed by atoms with E-state index in [1.54, 1.807) is 7.11 Å². The van der Waals surface area contributed by atoms with E-state index in [4.69, 9.17) is 23.7 Å². The van der Waals surface area contributed by atoms with Crippen LogP contribution in [-0.4, -0.2) is 54.4 Å². The molecule has 0 spiro atoms. The van der Waals surface area contributed by atoms with Gasteiger partial charge in [0.1, 0.15) is 35.8 Å². The van der Waals surface area contributed by atoms with Gasteiger partial charge in [-0.3, -0.25) is 0 Å². The Kier molecular flexibility index (Phi) is 12.1. The number of aliphatic hydroxyl groups excluding tert-OH is 2. The van der Waals surface area contributed by atoms with Crippen LogP contribution in [0.3, 0.4) is 0 Å². The Bertz CT molecular complexity index is 1740. The Morgan fingerprint density at radius 2 is 1.12 bits per heavy atom. The zero-order valence-electron chi connectivity index (χ0n) is 28.7. The second kappa shape index (κ2) is 17.1. The molecule has 0 amide bonds. The summed E-state index contributed by atoms with van der Waals surface area (Å²) in [6.45, 7) is 1.93. The standard InChI is InChI=1S/C43H46O7/c1-31-18-21-36(25-37(31)24-32-19-22-38(46-2)23-20-32)39-40(47-26-33-12-6-3-7-13-33)41(48-27-34-14-8-4-9-15-34)42(43(29-44,30-45)50-39)49-28-35-16-10-5-11-17-35/h3-23,25,39-42,44-45H,24,26-30H2,1-2H3/t39-,40-,41+,42-/m0/s1. The number of ether oxygens (including phenoxy) is 5. The lowest BCUT2D eigenvalue weighted by atomic mass is 9.82. The van der Waals surface area contributed by atoms with Crippen LogP contribution in [0.1, 0.15) is 45.0 Å². The van der Waals surface area contributed by atoms with Crippen LogP contribution < -0.4 is 4.74 Å². The van der Waals surface area contributed by atoms with Gasteiger partial charge in [0.2, 0.25) is 0 Å².